The molecule has 0 amide bonds. The first-order valence-electron chi connectivity index (χ1n) is 6.89. The molecule has 0 aliphatic rings. The van der Waals surface area contributed by atoms with Crippen LogP contribution in [-0.4, -0.2) is 36.6 Å². The summed E-state index contributed by atoms with van der Waals surface area (Å²) < 4.78 is 0. The van der Waals surface area contributed by atoms with Crippen molar-refractivity contribution in [3.8, 4) is 0 Å². The van der Waals surface area contributed by atoms with Gasteiger partial charge in [0.2, 0.25) is 0 Å². The van der Waals surface area contributed by atoms with E-state index in [1.165, 1.54) is 0 Å². The molecule has 5 nitrogen and oxygen atoms in total. The van der Waals surface area contributed by atoms with Crippen LogP contribution in [0.3, 0.4) is 0 Å². The van der Waals surface area contributed by atoms with Gasteiger partial charge in [0.15, 0.2) is 0 Å². The van der Waals surface area contributed by atoms with Crippen LogP contribution < -0.4 is 16.0 Å². The van der Waals surface area contributed by atoms with Crippen molar-refractivity contribution in [2.24, 2.45) is 11.1 Å². The molecule has 1 heterocycles. The van der Waals surface area contributed by atoms with E-state index in [1.54, 1.807) is 6.33 Å². The number of anilines is 2. The Morgan fingerprint density at radius 2 is 2.05 bits per heavy atom. The monoisotopic (exact) mass is 265 g/mol. The number of nitrogens with two attached hydrogens (primary N) is 1. The fourth-order valence-electron chi connectivity index (χ4n) is 1.66. The van der Waals surface area contributed by atoms with E-state index < -0.39 is 0 Å². The van der Waals surface area contributed by atoms with Gasteiger partial charge in [0.05, 0.1) is 0 Å². The fraction of sp³-hybridized carbons (Fsp3) is 0.714. The van der Waals surface area contributed by atoms with E-state index in [1.807, 2.05) is 13.1 Å². The minimum Gasteiger partial charge on any atom is -0.370 e. The number of hydrogen-bond acceptors (Lipinski definition) is 5. The minimum absolute atomic E-state index is 0.334. The normalized spacial score (nSPS) is 11.4. The molecule has 0 radical (unpaired) electrons. The number of nitrogens with zero attached hydrogens (tertiary/aromatic N) is 3. The number of rotatable bonds is 7. The van der Waals surface area contributed by atoms with Crippen LogP contribution in [0.1, 0.15) is 33.6 Å². The van der Waals surface area contributed by atoms with Crippen LogP contribution in [0, 0.1) is 5.41 Å². The van der Waals surface area contributed by atoms with E-state index in [9.17, 15) is 0 Å². The van der Waals surface area contributed by atoms with Gasteiger partial charge in [-0.15, -0.1) is 0 Å². The van der Waals surface area contributed by atoms with Crippen LogP contribution in [0.25, 0.3) is 0 Å². The Kier molecular flexibility index (Phi) is 6.02. The third kappa shape index (κ3) is 6.38. The van der Waals surface area contributed by atoms with Crippen molar-refractivity contribution in [3.63, 3.8) is 0 Å². The molecule has 0 saturated heterocycles. The lowest BCUT2D eigenvalue weighted by Crippen LogP contribution is -2.22. The topological polar surface area (TPSA) is 67.1 Å². The summed E-state index contributed by atoms with van der Waals surface area (Å²) in [6.45, 7) is 9.25. The van der Waals surface area contributed by atoms with Crippen molar-refractivity contribution in [1.82, 2.24) is 9.97 Å². The zero-order chi connectivity index (χ0) is 14.3. The summed E-state index contributed by atoms with van der Waals surface area (Å²) in [6.07, 6.45) is 3.68. The van der Waals surface area contributed by atoms with Crippen molar-refractivity contribution >= 4 is 11.6 Å². The molecular weight excluding hydrogens is 238 g/mol. The second kappa shape index (κ2) is 7.28. The van der Waals surface area contributed by atoms with Crippen molar-refractivity contribution in [1.29, 1.82) is 0 Å². The van der Waals surface area contributed by atoms with E-state index in [2.05, 4.69) is 41.0 Å². The Labute approximate surface area is 116 Å². The van der Waals surface area contributed by atoms with Crippen molar-refractivity contribution in [2.45, 2.75) is 33.6 Å². The highest BCUT2D eigenvalue weighted by Crippen LogP contribution is 2.19. The lowest BCUT2D eigenvalue weighted by molar-refractivity contribution is 0.389. The average Bonchev–Trinajstić information content (AvgIpc) is 2.35. The van der Waals surface area contributed by atoms with Crippen molar-refractivity contribution in [2.75, 3.05) is 36.9 Å². The van der Waals surface area contributed by atoms with Gasteiger partial charge in [-0.2, -0.15) is 0 Å². The minimum atomic E-state index is 0.334. The summed E-state index contributed by atoms with van der Waals surface area (Å²) in [5.41, 5.74) is 5.85. The van der Waals surface area contributed by atoms with Gasteiger partial charge in [-0.05, 0) is 24.8 Å². The van der Waals surface area contributed by atoms with Gasteiger partial charge in [-0.3, -0.25) is 0 Å². The zero-order valence-electron chi connectivity index (χ0n) is 12.6. The highest BCUT2D eigenvalue weighted by molar-refractivity contribution is 5.47. The lowest BCUT2D eigenvalue weighted by atomic mass is 9.92. The molecule has 3 N–H and O–H groups in total. The smallest absolute Gasteiger partial charge is 0.133 e. The van der Waals surface area contributed by atoms with E-state index in [0.29, 0.717) is 12.0 Å². The largest absolute Gasteiger partial charge is 0.370 e. The maximum atomic E-state index is 5.52. The molecule has 0 saturated carbocycles. The van der Waals surface area contributed by atoms with Gasteiger partial charge in [-0.25, -0.2) is 9.97 Å². The lowest BCUT2D eigenvalue weighted by Gasteiger charge is -2.20. The molecule has 0 aliphatic heterocycles. The standard InChI is InChI=1S/C14H27N5/c1-14(2,3)6-8-16-12-10-13(18-11-17-12)19(4)9-5-7-15/h10-11H,5-9,15H2,1-4H3,(H,16,17,18). The number of aromatic nitrogens is 2. The first-order valence-corrected chi connectivity index (χ1v) is 6.89. The van der Waals surface area contributed by atoms with Gasteiger partial charge in [-0.1, -0.05) is 20.8 Å². The summed E-state index contributed by atoms with van der Waals surface area (Å²) in [6, 6.07) is 1.99. The quantitative estimate of drug-likeness (QED) is 0.790. The summed E-state index contributed by atoms with van der Waals surface area (Å²) in [5, 5.41) is 3.35. The summed E-state index contributed by atoms with van der Waals surface area (Å²) in [5.74, 6) is 1.82. The molecule has 0 unspecified atom stereocenters. The van der Waals surface area contributed by atoms with Gasteiger partial charge >= 0.3 is 0 Å². The second-order valence-electron chi connectivity index (χ2n) is 6.06. The Morgan fingerprint density at radius 3 is 2.68 bits per heavy atom. The number of hydrogen-bond donors (Lipinski definition) is 2. The first kappa shape index (κ1) is 15.7. The van der Waals surface area contributed by atoms with Gasteiger partial charge < -0.3 is 16.0 Å². The molecule has 108 valence electrons. The van der Waals surface area contributed by atoms with Crippen molar-refractivity contribution in [3.05, 3.63) is 12.4 Å². The zero-order valence-corrected chi connectivity index (χ0v) is 12.6. The third-order valence-electron chi connectivity index (χ3n) is 2.92. The molecule has 5 heteroatoms. The van der Waals surface area contributed by atoms with E-state index in [-0.39, 0.29) is 0 Å². The molecular formula is C14H27N5. The molecule has 0 atom stereocenters. The van der Waals surface area contributed by atoms with Gasteiger partial charge in [0, 0.05) is 26.2 Å². The maximum absolute atomic E-state index is 5.52. The Morgan fingerprint density at radius 1 is 1.32 bits per heavy atom. The highest BCUT2D eigenvalue weighted by atomic mass is 15.2. The molecule has 1 rings (SSSR count). The molecule has 0 spiro atoms. The average molecular weight is 265 g/mol. The van der Waals surface area contributed by atoms with Crippen LogP contribution in [-0.2, 0) is 0 Å². The molecule has 19 heavy (non-hydrogen) atoms. The molecule has 0 aromatic carbocycles. The molecule has 1 aromatic heterocycles. The summed E-state index contributed by atoms with van der Waals surface area (Å²) in [4.78, 5) is 10.6. The number of nitrogens with one attached hydrogen (secondary N) is 1. The Balaban J connectivity index is 2.52. The summed E-state index contributed by atoms with van der Waals surface area (Å²) >= 11 is 0. The molecule has 0 fully saturated rings. The van der Waals surface area contributed by atoms with Crippen molar-refractivity contribution < 1.29 is 0 Å². The highest BCUT2D eigenvalue weighted by Gasteiger charge is 2.09. The van der Waals surface area contributed by atoms with Crippen LogP contribution in [0.15, 0.2) is 12.4 Å². The van der Waals surface area contributed by atoms with E-state index in [0.717, 1.165) is 37.6 Å². The third-order valence-corrected chi connectivity index (χ3v) is 2.92. The van der Waals surface area contributed by atoms with Crippen LogP contribution in [0.2, 0.25) is 0 Å². The summed E-state index contributed by atoms with van der Waals surface area (Å²) in [7, 11) is 2.02. The van der Waals surface area contributed by atoms with Gasteiger partial charge in [0.25, 0.3) is 0 Å². The Hall–Kier alpha value is -1.36. The fourth-order valence-corrected chi connectivity index (χ4v) is 1.66. The molecule has 0 bridgehead atoms. The molecule has 0 aliphatic carbocycles. The van der Waals surface area contributed by atoms with Gasteiger partial charge in [0.1, 0.15) is 18.0 Å². The molecule has 1 aromatic rings. The maximum Gasteiger partial charge on any atom is 0.133 e. The SMILES string of the molecule is CN(CCCN)c1cc(NCCC(C)(C)C)ncn1. The first-order chi connectivity index (χ1) is 8.92. The van der Waals surface area contributed by atoms with Crippen LogP contribution in [0.5, 0.6) is 0 Å². The Bertz CT molecular complexity index is 372. The van der Waals surface area contributed by atoms with E-state index in [4.69, 9.17) is 5.73 Å². The van der Waals surface area contributed by atoms with Crippen LogP contribution >= 0.6 is 0 Å². The second-order valence-corrected chi connectivity index (χ2v) is 6.06. The predicted octanol–water partition coefficient (Wildman–Crippen LogP) is 2.11. The van der Waals surface area contributed by atoms with E-state index >= 15 is 0 Å². The predicted molar refractivity (Wildman–Crippen MR) is 81.5 cm³/mol. The van der Waals surface area contributed by atoms with Crippen LogP contribution in [0.4, 0.5) is 11.6 Å².